The van der Waals surface area contributed by atoms with Crippen molar-refractivity contribution < 1.29 is 4.39 Å². The highest BCUT2D eigenvalue weighted by Gasteiger charge is 2.15. The molecule has 8 heavy (non-hydrogen) atoms. The van der Waals surface area contributed by atoms with Crippen LogP contribution in [0.1, 0.15) is 19.8 Å². The van der Waals surface area contributed by atoms with Crippen molar-refractivity contribution in [3.8, 4) is 0 Å². The molecule has 0 aromatic carbocycles. The Hall–Kier alpha value is -0.110. The number of rotatable bonds is 1. The Morgan fingerprint density at radius 2 is 1.88 bits per heavy atom. The van der Waals surface area contributed by atoms with Crippen LogP contribution in [0.25, 0.3) is 0 Å². The quantitative estimate of drug-likeness (QED) is 0.469. The van der Waals surface area contributed by atoms with E-state index in [2.05, 4.69) is 0 Å². The normalized spacial score (nSPS) is 26.2. The first-order valence-electron chi connectivity index (χ1n) is 3.19. The summed E-state index contributed by atoms with van der Waals surface area (Å²) < 4.78 is 12.3. The summed E-state index contributed by atoms with van der Waals surface area (Å²) >= 11 is 0. The van der Waals surface area contributed by atoms with E-state index in [0.717, 1.165) is 13.1 Å². The molecular weight excluding hydrogens is 105 g/mol. The second-order valence-corrected chi connectivity index (χ2v) is 2.32. The van der Waals surface area contributed by atoms with E-state index >= 15 is 0 Å². The number of halogens is 1. The summed E-state index contributed by atoms with van der Waals surface area (Å²) in [7, 11) is 0. The van der Waals surface area contributed by atoms with Gasteiger partial charge in [-0.2, -0.15) is 0 Å². The average molecular weight is 117 g/mol. The number of alkyl halides is 1. The molecule has 1 atom stereocenters. The highest BCUT2D eigenvalue weighted by atomic mass is 19.1. The lowest BCUT2D eigenvalue weighted by Gasteiger charge is -2.14. The molecular formula is C6H12FN. The van der Waals surface area contributed by atoms with Crippen molar-refractivity contribution in [1.29, 1.82) is 0 Å². The first kappa shape index (κ1) is 6.02. The van der Waals surface area contributed by atoms with E-state index in [0.29, 0.717) is 0 Å². The van der Waals surface area contributed by atoms with Gasteiger partial charge in [0.05, 0.1) is 0 Å². The zero-order valence-corrected chi connectivity index (χ0v) is 5.23. The minimum Gasteiger partial charge on any atom is -0.274 e. The van der Waals surface area contributed by atoms with Crippen molar-refractivity contribution in [2.45, 2.75) is 26.1 Å². The molecule has 0 bridgehead atoms. The van der Waals surface area contributed by atoms with Gasteiger partial charge in [-0.25, -0.2) is 4.39 Å². The second kappa shape index (κ2) is 2.44. The van der Waals surface area contributed by atoms with Crippen LogP contribution in [0.5, 0.6) is 0 Å². The van der Waals surface area contributed by atoms with E-state index in [1.807, 2.05) is 4.90 Å². The van der Waals surface area contributed by atoms with E-state index in [1.54, 1.807) is 6.92 Å². The summed E-state index contributed by atoms with van der Waals surface area (Å²) in [6, 6.07) is 0. The Bertz CT molecular complexity index is 66.9. The van der Waals surface area contributed by atoms with E-state index in [4.69, 9.17) is 0 Å². The van der Waals surface area contributed by atoms with Crippen molar-refractivity contribution in [2.75, 3.05) is 13.1 Å². The van der Waals surface area contributed by atoms with Gasteiger partial charge in [0.2, 0.25) is 0 Å². The molecule has 0 radical (unpaired) electrons. The average Bonchev–Trinajstić information content (AvgIpc) is 2.12. The van der Waals surface area contributed by atoms with Gasteiger partial charge in [0.15, 0.2) is 6.30 Å². The lowest BCUT2D eigenvalue weighted by Crippen LogP contribution is -2.25. The van der Waals surface area contributed by atoms with Gasteiger partial charge in [0.1, 0.15) is 0 Å². The van der Waals surface area contributed by atoms with Crippen LogP contribution in [0.3, 0.4) is 0 Å². The molecule has 2 heteroatoms. The van der Waals surface area contributed by atoms with Gasteiger partial charge >= 0.3 is 0 Å². The van der Waals surface area contributed by atoms with E-state index in [9.17, 15) is 4.39 Å². The van der Waals surface area contributed by atoms with Crippen molar-refractivity contribution in [1.82, 2.24) is 4.90 Å². The molecule has 0 aromatic rings. The third-order valence-corrected chi connectivity index (χ3v) is 1.64. The maximum absolute atomic E-state index is 12.3. The number of hydrogen-bond donors (Lipinski definition) is 0. The highest BCUT2D eigenvalue weighted by Crippen LogP contribution is 2.11. The molecule has 0 aliphatic carbocycles. The lowest BCUT2D eigenvalue weighted by atomic mass is 10.4. The molecule has 1 aliphatic heterocycles. The molecule has 0 aromatic heterocycles. The third-order valence-electron chi connectivity index (χ3n) is 1.64. The van der Waals surface area contributed by atoms with E-state index in [-0.39, 0.29) is 0 Å². The topological polar surface area (TPSA) is 3.24 Å². The van der Waals surface area contributed by atoms with Crippen LogP contribution in [0.2, 0.25) is 0 Å². The van der Waals surface area contributed by atoms with Gasteiger partial charge in [-0.3, -0.25) is 4.90 Å². The Morgan fingerprint density at radius 3 is 2.12 bits per heavy atom. The Labute approximate surface area is 49.5 Å². The minimum atomic E-state index is -0.725. The Morgan fingerprint density at radius 1 is 1.38 bits per heavy atom. The summed E-state index contributed by atoms with van der Waals surface area (Å²) in [5, 5.41) is 0. The number of likely N-dealkylation sites (tertiary alicyclic amines) is 1. The van der Waals surface area contributed by atoms with Crippen molar-refractivity contribution in [3.63, 3.8) is 0 Å². The summed E-state index contributed by atoms with van der Waals surface area (Å²) in [6.45, 7) is 3.51. The van der Waals surface area contributed by atoms with Gasteiger partial charge in [-0.05, 0) is 19.8 Å². The van der Waals surface area contributed by atoms with E-state index < -0.39 is 6.30 Å². The molecule has 48 valence electrons. The summed E-state index contributed by atoms with van der Waals surface area (Å²) in [5.41, 5.74) is 0. The fourth-order valence-corrected chi connectivity index (χ4v) is 1.10. The van der Waals surface area contributed by atoms with Gasteiger partial charge in [0, 0.05) is 13.1 Å². The van der Waals surface area contributed by atoms with Gasteiger partial charge in [-0.15, -0.1) is 0 Å². The zero-order chi connectivity index (χ0) is 5.98. The molecule has 0 amide bonds. The molecule has 1 aliphatic rings. The van der Waals surface area contributed by atoms with Crippen LogP contribution in [0, 0.1) is 0 Å². The largest absolute Gasteiger partial charge is 0.274 e. The van der Waals surface area contributed by atoms with Crippen LogP contribution in [-0.2, 0) is 0 Å². The monoisotopic (exact) mass is 117 g/mol. The molecule has 1 saturated heterocycles. The fourth-order valence-electron chi connectivity index (χ4n) is 1.10. The molecule has 0 saturated carbocycles. The predicted octanol–water partition coefficient (Wildman–Crippen LogP) is 1.40. The Balaban J connectivity index is 2.24. The van der Waals surface area contributed by atoms with Crippen molar-refractivity contribution >= 4 is 0 Å². The molecule has 0 spiro atoms. The molecule has 1 rings (SSSR count). The van der Waals surface area contributed by atoms with Crippen LogP contribution in [-0.4, -0.2) is 24.3 Å². The molecule has 1 heterocycles. The lowest BCUT2D eigenvalue weighted by molar-refractivity contribution is 0.126. The van der Waals surface area contributed by atoms with Crippen LogP contribution in [0.4, 0.5) is 4.39 Å². The van der Waals surface area contributed by atoms with Crippen LogP contribution >= 0.6 is 0 Å². The molecule has 1 unspecified atom stereocenters. The summed E-state index contributed by atoms with van der Waals surface area (Å²) in [5.74, 6) is 0. The van der Waals surface area contributed by atoms with Gasteiger partial charge in [0.25, 0.3) is 0 Å². The summed E-state index contributed by atoms with van der Waals surface area (Å²) in [4.78, 5) is 1.86. The number of hydrogen-bond acceptors (Lipinski definition) is 1. The maximum Gasteiger partial charge on any atom is 0.150 e. The first-order chi connectivity index (χ1) is 3.80. The van der Waals surface area contributed by atoms with Crippen molar-refractivity contribution in [3.05, 3.63) is 0 Å². The summed E-state index contributed by atoms with van der Waals surface area (Å²) in [6.07, 6.45) is 1.63. The standard InChI is InChI=1S/C6H12FN/c1-6(7)8-4-2-3-5-8/h6H,2-5H2,1H3. The molecule has 1 nitrogen and oxygen atoms in total. The zero-order valence-electron chi connectivity index (χ0n) is 5.23. The SMILES string of the molecule is CC(F)N1CCCC1. The van der Waals surface area contributed by atoms with E-state index in [1.165, 1.54) is 12.8 Å². The van der Waals surface area contributed by atoms with Gasteiger partial charge in [-0.1, -0.05) is 0 Å². The second-order valence-electron chi connectivity index (χ2n) is 2.32. The number of nitrogens with zero attached hydrogens (tertiary/aromatic N) is 1. The molecule has 1 fully saturated rings. The third kappa shape index (κ3) is 1.19. The van der Waals surface area contributed by atoms with Crippen LogP contribution < -0.4 is 0 Å². The smallest absolute Gasteiger partial charge is 0.150 e. The van der Waals surface area contributed by atoms with Crippen molar-refractivity contribution in [2.24, 2.45) is 0 Å². The predicted molar refractivity (Wildman–Crippen MR) is 31.4 cm³/mol. The fraction of sp³-hybridized carbons (Fsp3) is 1.00. The maximum atomic E-state index is 12.3. The Kier molecular flexibility index (Phi) is 1.84. The highest BCUT2D eigenvalue weighted by molar-refractivity contribution is 4.65. The molecule has 0 N–H and O–H groups in total. The first-order valence-corrected chi connectivity index (χ1v) is 3.19. The van der Waals surface area contributed by atoms with Gasteiger partial charge < -0.3 is 0 Å². The van der Waals surface area contributed by atoms with Crippen LogP contribution in [0.15, 0.2) is 0 Å². The minimum absolute atomic E-state index is 0.725.